The number of hydrogen-bond donors (Lipinski definition) is 0. The highest BCUT2D eigenvalue weighted by Crippen LogP contribution is 2.46. The first-order valence-corrected chi connectivity index (χ1v) is 8.79. The van der Waals surface area contributed by atoms with Gasteiger partial charge in [0.25, 0.3) is 0 Å². The third-order valence-corrected chi connectivity index (χ3v) is 4.96. The molecule has 2 aromatic carbocycles. The standard InChI is InChI=1S/C20H19BrN2O3/c1-23(2)14-5-6-15-17(9-14)26-11-13(10-22)19(15)12-7-16(21)20(25-4)18(8-12)24-3/h5-9,11,19H,1-4H3. The van der Waals surface area contributed by atoms with E-state index >= 15 is 0 Å². The van der Waals surface area contributed by atoms with Gasteiger partial charge in [0.15, 0.2) is 11.5 Å². The Balaban J connectivity index is 2.17. The molecule has 0 radical (unpaired) electrons. The minimum Gasteiger partial charge on any atom is -0.493 e. The molecule has 0 fully saturated rings. The van der Waals surface area contributed by atoms with Crippen LogP contribution in [-0.2, 0) is 0 Å². The molecule has 2 aromatic rings. The van der Waals surface area contributed by atoms with Crippen LogP contribution in [0.4, 0.5) is 5.69 Å². The SMILES string of the molecule is COc1cc(C2C(C#N)=COc3cc(N(C)C)ccc32)cc(Br)c1OC. The van der Waals surface area contributed by atoms with Crippen molar-refractivity contribution < 1.29 is 14.2 Å². The van der Waals surface area contributed by atoms with Crippen LogP contribution in [0.5, 0.6) is 17.2 Å². The number of hydrogen-bond acceptors (Lipinski definition) is 5. The number of nitrogens with zero attached hydrogens (tertiary/aromatic N) is 2. The van der Waals surface area contributed by atoms with Crippen LogP contribution >= 0.6 is 15.9 Å². The summed E-state index contributed by atoms with van der Waals surface area (Å²) in [6.07, 6.45) is 1.52. The third-order valence-electron chi connectivity index (χ3n) is 4.37. The number of benzene rings is 2. The van der Waals surface area contributed by atoms with Gasteiger partial charge in [0, 0.05) is 31.4 Å². The highest BCUT2D eigenvalue weighted by atomic mass is 79.9. The van der Waals surface area contributed by atoms with Gasteiger partial charge >= 0.3 is 0 Å². The number of fused-ring (bicyclic) bond motifs is 1. The number of ether oxygens (including phenoxy) is 3. The van der Waals surface area contributed by atoms with Crippen LogP contribution in [0.15, 0.2) is 46.6 Å². The van der Waals surface area contributed by atoms with E-state index < -0.39 is 0 Å². The third kappa shape index (κ3) is 3.11. The van der Waals surface area contributed by atoms with E-state index in [4.69, 9.17) is 14.2 Å². The zero-order chi connectivity index (χ0) is 18.8. The summed E-state index contributed by atoms with van der Waals surface area (Å²) in [5.74, 6) is 1.73. The second kappa shape index (κ2) is 7.30. The fraction of sp³-hybridized carbons (Fsp3) is 0.250. The molecule has 1 aliphatic rings. The number of rotatable bonds is 4. The van der Waals surface area contributed by atoms with E-state index in [0.29, 0.717) is 17.1 Å². The van der Waals surface area contributed by atoms with Crippen LogP contribution in [0, 0.1) is 11.3 Å². The lowest BCUT2D eigenvalue weighted by atomic mass is 9.84. The molecule has 6 heteroatoms. The van der Waals surface area contributed by atoms with Crippen molar-refractivity contribution in [2.75, 3.05) is 33.2 Å². The average molecular weight is 415 g/mol. The van der Waals surface area contributed by atoms with Crippen molar-refractivity contribution in [1.82, 2.24) is 0 Å². The van der Waals surface area contributed by atoms with E-state index in [-0.39, 0.29) is 5.92 Å². The lowest BCUT2D eigenvalue weighted by Gasteiger charge is -2.26. The normalized spacial score (nSPS) is 15.2. The maximum absolute atomic E-state index is 9.61. The summed E-state index contributed by atoms with van der Waals surface area (Å²) in [6, 6.07) is 12.1. The first-order valence-electron chi connectivity index (χ1n) is 7.99. The quantitative estimate of drug-likeness (QED) is 0.738. The van der Waals surface area contributed by atoms with Crippen molar-refractivity contribution in [3.05, 3.63) is 57.8 Å². The highest BCUT2D eigenvalue weighted by molar-refractivity contribution is 9.10. The van der Waals surface area contributed by atoms with Crippen LogP contribution in [0.25, 0.3) is 0 Å². The fourth-order valence-electron chi connectivity index (χ4n) is 3.06. The van der Waals surface area contributed by atoms with Gasteiger partial charge in [-0.3, -0.25) is 0 Å². The lowest BCUT2D eigenvalue weighted by Crippen LogP contribution is -2.14. The molecule has 0 amide bonds. The van der Waals surface area contributed by atoms with Crippen molar-refractivity contribution in [1.29, 1.82) is 5.26 Å². The Kier molecular flexibility index (Phi) is 5.10. The van der Waals surface area contributed by atoms with E-state index in [1.54, 1.807) is 14.2 Å². The summed E-state index contributed by atoms with van der Waals surface area (Å²) in [7, 11) is 7.14. The summed E-state index contributed by atoms with van der Waals surface area (Å²) in [6.45, 7) is 0. The van der Waals surface area contributed by atoms with Crippen molar-refractivity contribution in [3.8, 4) is 23.3 Å². The fourth-order valence-corrected chi connectivity index (χ4v) is 3.68. The first-order chi connectivity index (χ1) is 12.5. The average Bonchev–Trinajstić information content (AvgIpc) is 2.65. The molecule has 1 unspecified atom stereocenters. The number of nitriles is 1. The van der Waals surface area contributed by atoms with Crippen LogP contribution < -0.4 is 19.1 Å². The van der Waals surface area contributed by atoms with Gasteiger partial charge in [0.2, 0.25) is 0 Å². The Hall–Kier alpha value is -2.65. The summed E-state index contributed by atoms with van der Waals surface area (Å²) in [4.78, 5) is 2.01. The van der Waals surface area contributed by atoms with Gasteiger partial charge < -0.3 is 19.1 Å². The van der Waals surface area contributed by atoms with Gasteiger partial charge in [0.1, 0.15) is 12.0 Å². The van der Waals surface area contributed by atoms with Crippen LogP contribution in [0.1, 0.15) is 17.0 Å². The minimum atomic E-state index is -0.240. The molecule has 1 heterocycles. The van der Waals surface area contributed by atoms with Gasteiger partial charge in [0.05, 0.1) is 36.3 Å². The molecule has 1 atom stereocenters. The number of allylic oxidation sites excluding steroid dienone is 1. The largest absolute Gasteiger partial charge is 0.493 e. The van der Waals surface area contributed by atoms with Crippen molar-refractivity contribution in [2.24, 2.45) is 0 Å². The van der Waals surface area contributed by atoms with Crippen LogP contribution in [0.2, 0.25) is 0 Å². The zero-order valence-corrected chi connectivity index (χ0v) is 16.6. The second-order valence-electron chi connectivity index (χ2n) is 6.09. The Morgan fingerprint density at radius 3 is 2.54 bits per heavy atom. The molecule has 0 spiro atoms. The lowest BCUT2D eigenvalue weighted by molar-refractivity contribution is 0.352. The van der Waals surface area contributed by atoms with Crippen molar-refractivity contribution in [2.45, 2.75) is 5.92 Å². The van der Waals surface area contributed by atoms with E-state index in [0.717, 1.165) is 27.0 Å². The molecule has 1 aliphatic heterocycles. The van der Waals surface area contributed by atoms with Crippen LogP contribution in [-0.4, -0.2) is 28.3 Å². The highest BCUT2D eigenvalue weighted by Gasteiger charge is 2.29. The van der Waals surface area contributed by atoms with E-state index in [1.165, 1.54) is 6.26 Å². The maximum Gasteiger partial charge on any atom is 0.174 e. The Bertz CT molecular complexity index is 916. The van der Waals surface area contributed by atoms with Gasteiger partial charge in [-0.25, -0.2) is 0 Å². The smallest absolute Gasteiger partial charge is 0.174 e. The predicted octanol–water partition coefficient (Wildman–Crippen LogP) is 4.46. The summed E-state index contributed by atoms with van der Waals surface area (Å²) in [5.41, 5.74) is 3.43. The molecule has 0 bridgehead atoms. The number of halogens is 1. The van der Waals surface area contributed by atoms with Gasteiger partial charge in [-0.1, -0.05) is 6.07 Å². The van der Waals surface area contributed by atoms with Gasteiger partial charge in [-0.2, -0.15) is 5.26 Å². The molecule has 0 saturated carbocycles. The number of anilines is 1. The molecular weight excluding hydrogens is 396 g/mol. The van der Waals surface area contributed by atoms with E-state index in [2.05, 4.69) is 22.0 Å². The summed E-state index contributed by atoms with van der Waals surface area (Å²) in [5, 5.41) is 9.61. The molecule has 5 nitrogen and oxygen atoms in total. The molecule has 26 heavy (non-hydrogen) atoms. The zero-order valence-electron chi connectivity index (χ0n) is 15.0. The molecule has 0 aliphatic carbocycles. The molecule has 0 N–H and O–H groups in total. The Morgan fingerprint density at radius 2 is 1.92 bits per heavy atom. The number of methoxy groups -OCH3 is 2. The molecule has 0 saturated heterocycles. The summed E-state index contributed by atoms with van der Waals surface area (Å²) >= 11 is 3.53. The van der Waals surface area contributed by atoms with Gasteiger partial charge in [-0.15, -0.1) is 0 Å². The van der Waals surface area contributed by atoms with E-state index in [9.17, 15) is 5.26 Å². The molecule has 3 rings (SSSR count). The van der Waals surface area contributed by atoms with Crippen LogP contribution in [0.3, 0.4) is 0 Å². The second-order valence-corrected chi connectivity index (χ2v) is 6.94. The predicted molar refractivity (Wildman–Crippen MR) is 104 cm³/mol. The minimum absolute atomic E-state index is 0.240. The van der Waals surface area contributed by atoms with Crippen molar-refractivity contribution >= 4 is 21.6 Å². The van der Waals surface area contributed by atoms with Gasteiger partial charge in [-0.05, 0) is 39.7 Å². The topological polar surface area (TPSA) is 54.7 Å². The Morgan fingerprint density at radius 1 is 1.15 bits per heavy atom. The summed E-state index contributed by atoms with van der Waals surface area (Å²) < 4.78 is 17.3. The molecule has 134 valence electrons. The van der Waals surface area contributed by atoms with Crippen molar-refractivity contribution in [3.63, 3.8) is 0 Å². The monoisotopic (exact) mass is 414 g/mol. The maximum atomic E-state index is 9.61. The molecule has 0 aromatic heterocycles. The molecular formula is C20H19BrN2O3. The first kappa shape index (κ1) is 18.2. The Labute approximate surface area is 161 Å². The van der Waals surface area contributed by atoms with E-state index in [1.807, 2.05) is 49.3 Å².